The molecule has 0 atom stereocenters. The second kappa shape index (κ2) is 5.79. The minimum absolute atomic E-state index is 0.651. The molecule has 3 aromatic rings. The van der Waals surface area contributed by atoms with Crippen molar-refractivity contribution in [2.24, 2.45) is 0 Å². The van der Waals surface area contributed by atoms with Gasteiger partial charge in [0, 0.05) is 24.5 Å². The number of H-pyrrole nitrogens is 1. The molecule has 3 rings (SSSR count). The van der Waals surface area contributed by atoms with Crippen LogP contribution >= 0.6 is 12.2 Å². The summed E-state index contributed by atoms with van der Waals surface area (Å²) in [6.07, 6.45) is 4.51. The summed E-state index contributed by atoms with van der Waals surface area (Å²) in [5.74, 6) is 0.879. The fourth-order valence-corrected chi connectivity index (χ4v) is 2.35. The number of hydrogen-bond acceptors (Lipinski definition) is 3. The predicted octanol–water partition coefficient (Wildman–Crippen LogP) is 3.25. The Labute approximate surface area is 122 Å². The van der Waals surface area contributed by atoms with Crippen LogP contribution in [-0.4, -0.2) is 19.7 Å². The molecule has 1 N–H and O–H groups in total. The molecule has 2 aromatic heterocycles. The van der Waals surface area contributed by atoms with E-state index in [0.717, 1.165) is 24.4 Å². The van der Waals surface area contributed by atoms with Crippen molar-refractivity contribution in [2.45, 2.75) is 13.0 Å². The van der Waals surface area contributed by atoms with Gasteiger partial charge in [0.1, 0.15) is 0 Å². The van der Waals surface area contributed by atoms with Gasteiger partial charge in [0.2, 0.25) is 0 Å². The van der Waals surface area contributed by atoms with Crippen LogP contribution in [0, 0.1) is 4.77 Å². The van der Waals surface area contributed by atoms with E-state index in [4.69, 9.17) is 12.2 Å². The predicted molar refractivity (Wildman–Crippen MR) is 80.8 cm³/mol. The standard InChI is InChI=1S/C15H14N4S/c20-15-18-17-14(13-4-2-1-3-5-13)19(15)11-8-12-6-9-16-10-7-12/h1-7,9-10H,8,11H2,(H,18,20). The molecule has 0 saturated heterocycles. The van der Waals surface area contributed by atoms with Crippen molar-refractivity contribution < 1.29 is 0 Å². The third-order valence-corrected chi connectivity index (χ3v) is 3.48. The van der Waals surface area contributed by atoms with Crippen molar-refractivity contribution in [1.82, 2.24) is 19.7 Å². The van der Waals surface area contributed by atoms with Gasteiger partial charge in [-0.05, 0) is 36.3 Å². The van der Waals surface area contributed by atoms with E-state index in [0.29, 0.717) is 4.77 Å². The highest BCUT2D eigenvalue weighted by Crippen LogP contribution is 2.17. The molecule has 100 valence electrons. The lowest BCUT2D eigenvalue weighted by atomic mass is 10.2. The molecule has 0 aliphatic rings. The number of pyridine rings is 1. The molecule has 0 saturated carbocycles. The van der Waals surface area contributed by atoms with Gasteiger partial charge in [-0.3, -0.25) is 14.6 Å². The van der Waals surface area contributed by atoms with E-state index in [1.165, 1.54) is 5.56 Å². The highest BCUT2D eigenvalue weighted by molar-refractivity contribution is 7.71. The van der Waals surface area contributed by atoms with Gasteiger partial charge in [0.05, 0.1) is 0 Å². The third kappa shape index (κ3) is 2.67. The molecule has 2 heterocycles. The minimum atomic E-state index is 0.651. The van der Waals surface area contributed by atoms with Crippen molar-refractivity contribution in [3.05, 3.63) is 65.2 Å². The van der Waals surface area contributed by atoms with Crippen LogP contribution in [0.4, 0.5) is 0 Å². The second-order valence-electron chi connectivity index (χ2n) is 4.48. The molecule has 0 aliphatic carbocycles. The van der Waals surface area contributed by atoms with E-state index in [-0.39, 0.29) is 0 Å². The highest BCUT2D eigenvalue weighted by Gasteiger charge is 2.08. The first kappa shape index (κ1) is 12.7. The summed E-state index contributed by atoms with van der Waals surface area (Å²) in [7, 11) is 0. The number of aromatic nitrogens is 4. The highest BCUT2D eigenvalue weighted by atomic mass is 32.1. The first-order chi connectivity index (χ1) is 9.84. The number of aromatic amines is 1. The van der Waals surface area contributed by atoms with Crippen LogP contribution in [0.25, 0.3) is 11.4 Å². The molecule has 20 heavy (non-hydrogen) atoms. The van der Waals surface area contributed by atoms with E-state index < -0.39 is 0 Å². The number of nitrogens with one attached hydrogen (secondary N) is 1. The number of benzene rings is 1. The number of rotatable bonds is 4. The largest absolute Gasteiger partial charge is 0.300 e. The first-order valence-electron chi connectivity index (χ1n) is 6.44. The van der Waals surface area contributed by atoms with E-state index >= 15 is 0 Å². The Morgan fingerprint density at radius 1 is 1.05 bits per heavy atom. The zero-order chi connectivity index (χ0) is 13.8. The Bertz CT molecular complexity index is 731. The second-order valence-corrected chi connectivity index (χ2v) is 4.86. The van der Waals surface area contributed by atoms with Gasteiger partial charge in [-0.15, -0.1) is 0 Å². The average molecular weight is 282 g/mol. The Morgan fingerprint density at radius 3 is 2.55 bits per heavy atom. The quantitative estimate of drug-likeness (QED) is 0.747. The Hall–Kier alpha value is -2.27. The summed E-state index contributed by atoms with van der Waals surface area (Å²) >= 11 is 5.32. The minimum Gasteiger partial charge on any atom is -0.300 e. The Morgan fingerprint density at radius 2 is 1.80 bits per heavy atom. The molecule has 5 heteroatoms. The van der Waals surface area contributed by atoms with Crippen molar-refractivity contribution in [2.75, 3.05) is 0 Å². The van der Waals surface area contributed by atoms with Crippen LogP contribution in [0.1, 0.15) is 5.56 Å². The maximum Gasteiger partial charge on any atom is 0.195 e. The zero-order valence-electron chi connectivity index (χ0n) is 10.9. The molecule has 0 aliphatic heterocycles. The molecule has 0 radical (unpaired) electrons. The summed E-state index contributed by atoms with van der Waals surface area (Å²) in [5.41, 5.74) is 2.30. The number of aryl methyl sites for hydroxylation is 1. The van der Waals surface area contributed by atoms with E-state index in [1.807, 2.05) is 59.4 Å². The summed E-state index contributed by atoms with van der Waals surface area (Å²) in [5, 5.41) is 7.21. The number of nitrogens with zero attached hydrogens (tertiary/aromatic N) is 3. The molecule has 0 fully saturated rings. The van der Waals surface area contributed by atoms with Gasteiger partial charge in [-0.2, -0.15) is 5.10 Å². The van der Waals surface area contributed by atoms with Crippen LogP contribution in [0.15, 0.2) is 54.9 Å². The normalized spacial score (nSPS) is 10.6. The average Bonchev–Trinajstić information content (AvgIpc) is 2.88. The molecule has 0 bridgehead atoms. The van der Waals surface area contributed by atoms with Crippen LogP contribution in [0.5, 0.6) is 0 Å². The fourth-order valence-electron chi connectivity index (χ4n) is 2.12. The molecule has 1 aromatic carbocycles. The summed E-state index contributed by atoms with van der Waals surface area (Å²) in [4.78, 5) is 4.03. The van der Waals surface area contributed by atoms with Gasteiger partial charge >= 0.3 is 0 Å². The van der Waals surface area contributed by atoms with Crippen LogP contribution in [0.3, 0.4) is 0 Å². The van der Waals surface area contributed by atoms with E-state index in [2.05, 4.69) is 15.2 Å². The summed E-state index contributed by atoms with van der Waals surface area (Å²) in [6.45, 7) is 0.795. The summed E-state index contributed by atoms with van der Waals surface area (Å²) in [6, 6.07) is 14.1. The molecular formula is C15H14N4S. The van der Waals surface area contributed by atoms with Crippen molar-refractivity contribution in [3.8, 4) is 11.4 Å². The van der Waals surface area contributed by atoms with Crippen molar-refractivity contribution >= 4 is 12.2 Å². The monoisotopic (exact) mass is 282 g/mol. The lowest BCUT2D eigenvalue weighted by molar-refractivity contribution is 0.691. The van der Waals surface area contributed by atoms with Crippen molar-refractivity contribution in [3.63, 3.8) is 0 Å². The van der Waals surface area contributed by atoms with E-state index in [1.54, 1.807) is 0 Å². The van der Waals surface area contributed by atoms with Crippen LogP contribution < -0.4 is 0 Å². The summed E-state index contributed by atoms with van der Waals surface area (Å²) < 4.78 is 2.68. The van der Waals surface area contributed by atoms with Gasteiger partial charge < -0.3 is 0 Å². The maximum absolute atomic E-state index is 5.32. The zero-order valence-corrected chi connectivity index (χ0v) is 11.7. The van der Waals surface area contributed by atoms with Crippen LogP contribution in [0.2, 0.25) is 0 Å². The molecular weight excluding hydrogens is 268 g/mol. The molecule has 0 spiro atoms. The van der Waals surface area contributed by atoms with Gasteiger partial charge in [-0.25, -0.2) is 0 Å². The third-order valence-electron chi connectivity index (χ3n) is 3.16. The molecule has 0 unspecified atom stereocenters. The Kier molecular flexibility index (Phi) is 3.69. The number of hydrogen-bond donors (Lipinski definition) is 1. The lowest BCUT2D eigenvalue weighted by Gasteiger charge is -2.06. The first-order valence-corrected chi connectivity index (χ1v) is 6.85. The van der Waals surface area contributed by atoms with Gasteiger partial charge in [0.25, 0.3) is 0 Å². The Balaban J connectivity index is 1.87. The molecule has 0 amide bonds. The molecule has 4 nitrogen and oxygen atoms in total. The van der Waals surface area contributed by atoms with Gasteiger partial charge in [-0.1, -0.05) is 30.3 Å². The van der Waals surface area contributed by atoms with Gasteiger partial charge in [0.15, 0.2) is 10.6 Å². The maximum atomic E-state index is 5.32. The lowest BCUT2D eigenvalue weighted by Crippen LogP contribution is -2.04. The topological polar surface area (TPSA) is 46.5 Å². The van der Waals surface area contributed by atoms with Crippen LogP contribution in [-0.2, 0) is 13.0 Å². The fraction of sp³-hybridized carbons (Fsp3) is 0.133. The van der Waals surface area contributed by atoms with Crippen molar-refractivity contribution in [1.29, 1.82) is 0 Å². The smallest absolute Gasteiger partial charge is 0.195 e. The van der Waals surface area contributed by atoms with E-state index in [9.17, 15) is 0 Å². The SMILES string of the molecule is S=c1[nH]nc(-c2ccccc2)n1CCc1ccncc1.